The minimum absolute atomic E-state index is 0.305. The van der Waals surface area contributed by atoms with Crippen molar-refractivity contribution in [3.8, 4) is 0 Å². The van der Waals surface area contributed by atoms with E-state index in [0.717, 1.165) is 17.7 Å². The lowest BCUT2D eigenvalue weighted by Crippen LogP contribution is -2.23. The molecule has 3 aromatic rings. The van der Waals surface area contributed by atoms with E-state index >= 15 is 0 Å². The summed E-state index contributed by atoms with van der Waals surface area (Å²) in [5, 5.41) is 0. The minimum atomic E-state index is -0.544. The zero-order chi connectivity index (χ0) is 18.8. The second-order valence-corrected chi connectivity index (χ2v) is 6.29. The average molecular weight is 362 g/mol. The average Bonchev–Trinajstić information content (AvgIpc) is 3.39. The molecule has 0 fully saturated rings. The molecule has 7 heteroatoms. The van der Waals surface area contributed by atoms with Gasteiger partial charge in [0.25, 0.3) is 5.56 Å². The molecule has 2 aliphatic rings. The van der Waals surface area contributed by atoms with Crippen LogP contribution in [-0.4, -0.2) is 26.6 Å². The van der Waals surface area contributed by atoms with E-state index in [2.05, 4.69) is 33.2 Å². The number of fused-ring (bicyclic) bond motifs is 3. The first-order valence-corrected chi connectivity index (χ1v) is 8.51. The maximum Gasteiger partial charge on any atom is 0.327 e. The number of aromatic amines is 2. The highest BCUT2D eigenvalue weighted by atomic mass is 16.5. The summed E-state index contributed by atoms with van der Waals surface area (Å²) in [6.45, 7) is 0.534. The number of ether oxygens (including phenoxy) is 1. The molecule has 136 valence electrons. The molecular formula is C20H18N4O3. The van der Waals surface area contributed by atoms with E-state index in [-0.39, 0.29) is 0 Å². The molecule has 7 nitrogen and oxygen atoms in total. The number of nitrogens with one attached hydrogen (secondary N) is 2. The van der Waals surface area contributed by atoms with Gasteiger partial charge in [0.15, 0.2) is 11.2 Å². The van der Waals surface area contributed by atoms with Crippen LogP contribution in [0.2, 0.25) is 0 Å². The van der Waals surface area contributed by atoms with Crippen molar-refractivity contribution in [2.75, 3.05) is 7.11 Å². The van der Waals surface area contributed by atoms with E-state index in [0.29, 0.717) is 17.7 Å². The van der Waals surface area contributed by atoms with Gasteiger partial charge in [-0.05, 0) is 22.8 Å². The van der Waals surface area contributed by atoms with Crippen molar-refractivity contribution in [2.45, 2.75) is 13.0 Å². The molecule has 0 radical (unpaired) electrons. The second-order valence-electron chi connectivity index (χ2n) is 6.29. The molecule has 1 aromatic carbocycles. The smallest absolute Gasteiger partial charge is 0.327 e. The lowest BCUT2D eigenvalue weighted by molar-refractivity contribution is 0.305. The standard InChI is InChI=1S/C12H10N4O2.C8H8O/c17-11-9-10(14-12(18)15-11)13-7-16(9)6-8-4-2-1-3-5-8;1-9-8-5-6-2-3-7(8)4-6/h1-5,7H,6H2,(H2,14,15,17,18);2-3,5H,4H2,1H3. The van der Waals surface area contributed by atoms with Gasteiger partial charge in [0.1, 0.15) is 5.76 Å². The Balaban J connectivity index is 0.000000167. The van der Waals surface area contributed by atoms with Crippen molar-refractivity contribution >= 4 is 11.2 Å². The molecule has 0 saturated heterocycles. The molecule has 2 heterocycles. The lowest BCUT2D eigenvalue weighted by atomic mass is 10.2. The van der Waals surface area contributed by atoms with E-state index in [1.807, 2.05) is 30.3 Å². The van der Waals surface area contributed by atoms with Crippen LogP contribution in [0.5, 0.6) is 0 Å². The number of benzene rings is 1. The summed E-state index contributed by atoms with van der Waals surface area (Å²) in [5.74, 6) is 1.05. The third-order valence-corrected chi connectivity index (χ3v) is 4.45. The van der Waals surface area contributed by atoms with Gasteiger partial charge in [-0.15, -0.1) is 0 Å². The predicted octanol–water partition coefficient (Wildman–Crippen LogP) is 2.25. The van der Waals surface area contributed by atoms with Crippen molar-refractivity contribution in [1.29, 1.82) is 0 Å². The van der Waals surface area contributed by atoms with E-state index in [1.54, 1.807) is 18.0 Å². The van der Waals surface area contributed by atoms with Crippen molar-refractivity contribution in [2.24, 2.45) is 0 Å². The first kappa shape index (κ1) is 16.8. The van der Waals surface area contributed by atoms with Gasteiger partial charge < -0.3 is 9.30 Å². The van der Waals surface area contributed by atoms with Gasteiger partial charge in [-0.1, -0.05) is 42.5 Å². The molecule has 0 spiro atoms. The third kappa shape index (κ3) is 3.39. The Labute approximate surface area is 154 Å². The molecule has 0 saturated carbocycles. The van der Waals surface area contributed by atoms with Gasteiger partial charge in [0.2, 0.25) is 0 Å². The monoisotopic (exact) mass is 362 g/mol. The van der Waals surface area contributed by atoms with Crippen LogP contribution >= 0.6 is 0 Å². The molecule has 0 unspecified atom stereocenters. The Morgan fingerprint density at radius 1 is 1.15 bits per heavy atom. The molecule has 2 N–H and O–H groups in total. The fraction of sp³-hybridized carbons (Fsp3) is 0.150. The van der Waals surface area contributed by atoms with Gasteiger partial charge in [-0.25, -0.2) is 9.78 Å². The van der Waals surface area contributed by atoms with Crippen molar-refractivity contribution in [3.05, 3.63) is 98.2 Å². The van der Waals surface area contributed by atoms with Crippen LogP contribution < -0.4 is 11.2 Å². The van der Waals surface area contributed by atoms with Crippen LogP contribution in [0.1, 0.15) is 12.0 Å². The summed E-state index contributed by atoms with van der Waals surface area (Å²) in [6.07, 6.45) is 8.98. The molecule has 2 bridgehead atoms. The third-order valence-electron chi connectivity index (χ3n) is 4.45. The normalized spacial score (nSPS) is 14.3. The van der Waals surface area contributed by atoms with Crippen LogP contribution in [0.4, 0.5) is 0 Å². The van der Waals surface area contributed by atoms with Gasteiger partial charge in [0, 0.05) is 13.0 Å². The van der Waals surface area contributed by atoms with E-state index in [4.69, 9.17) is 4.74 Å². The number of allylic oxidation sites excluding steroid dienone is 5. The number of nitrogens with zero attached hydrogens (tertiary/aromatic N) is 2. The first-order chi connectivity index (χ1) is 13.1. The molecule has 2 aliphatic carbocycles. The minimum Gasteiger partial charge on any atom is -0.496 e. The number of hydrogen-bond acceptors (Lipinski definition) is 4. The molecule has 27 heavy (non-hydrogen) atoms. The number of imidazole rings is 1. The highest BCUT2D eigenvalue weighted by molar-refractivity contribution is 5.68. The van der Waals surface area contributed by atoms with E-state index in [1.165, 1.54) is 11.1 Å². The number of H-pyrrole nitrogens is 2. The molecule has 0 aliphatic heterocycles. The Bertz CT molecular complexity index is 1190. The predicted molar refractivity (Wildman–Crippen MR) is 102 cm³/mol. The lowest BCUT2D eigenvalue weighted by Gasteiger charge is -2.02. The van der Waals surface area contributed by atoms with Crippen molar-refractivity contribution < 1.29 is 4.74 Å². The van der Waals surface area contributed by atoms with E-state index < -0.39 is 11.2 Å². The van der Waals surface area contributed by atoms with Crippen LogP contribution in [0, 0.1) is 0 Å². The number of hydrogen-bond donors (Lipinski definition) is 2. The highest BCUT2D eigenvalue weighted by Crippen LogP contribution is 2.33. The number of aromatic nitrogens is 4. The second kappa shape index (κ2) is 6.95. The Kier molecular flexibility index (Phi) is 4.33. The van der Waals surface area contributed by atoms with Crippen molar-refractivity contribution in [3.63, 3.8) is 0 Å². The molecular weight excluding hydrogens is 344 g/mol. The summed E-state index contributed by atoms with van der Waals surface area (Å²) in [4.78, 5) is 31.6. The van der Waals surface area contributed by atoms with E-state index in [9.17, 15) is 9.59 Å². The van der Waals surface area contributed by atoms with Crippen LogP contribution in [0.3, 0.4) is 0 Å². The zero-order valence-electron chi connectivity index (χ0n) is 14.7. The molecule has 5 rings (SSSR count). The SMILES string of the molecule is COC1=C2C=CC(=C1)C2.O=c1[nH]c(=O)c2c(ncn2Cc2ccccc2)[nH]1. The maximum absolute atomic E-state index is 11.7. The largest absolute Gasteiger partial charge is 0.496 e. The summed E-state index contributed by atoms with van der Waals surface area (Å²) < 4.78 is 6.80. The Morgan fingerprint density at radius 2 is 1.96 bits per heavy atom. The quantitative estimate of drug-likeness (QED) is 0.747. The van der Waals surface area contributed by atoms with Gasteiger partial charge >= 0.3 is 5.69 Å². The topological polar surface area (TPSA) is 92.8 Å². The zero-order valence-corrected chi connectivity index (χ0v) is 14.7. The number of rotatable bonds is 3. The summed E-state index contributed by atoms with van der Waals surface area (Å²) in [7, 11) is 1.72. The van der Waals surface area contributed by atoms with Crippen LogP contribution in [-0.2, 0) is 11.3 Å². The molecule has 0 amide bonds. The number of methoxy groups -OCH3 is 1. The van der Waals surface area contributed by atoms with Gasteiger partial charge in [-0.3, -0.25) is 14.8 Å². The van der Waals surface area contributed by atoms with Crippen molar-refractivity contribution in [1.82, 2.24) is 19.5 Å². The van der Waals surface area contributed by atoms with Crippen LogP contribution in [0.25, 0.3) is 11.2 Å². The highest BCUT2D eigenvalue weighted by Gasteiger charge is 2.17. The van der Waals surface area contributed by atoms with Gasteiger partial charge in [0.05, 0.1) is 13.4 Å². The summed E-state index contributed by atoms with van der Waals surface area (Å²) in [6, 6.07) is 9.72. The van der Waals surface area contributed by atoms with Crippen LogP contribution in [0.15, 0.2) is 81.4 Å². The molecule has 2 aromatic heterocycles. The van der Waals surface area contributed by atoms with Gasteiger partial charge in [-0.2, -0.15) is 0 Å². The molecule has 0 atom stereocenters. The Hall–Kier alpha value is -3.61. The Morgan fingerprint density at radius 3 is 2.59 bits per heavy atom. The summed E-state index contributed by atoms with van der Waals surface area (Å²) >= 11 is 0. The first-order valence-electron chi connectivity index (χ1n) is 8.51. The fourth-order valence-electron chi connectivity index (χ4n) is 3.18. The summed E-state index contributed by atoms with van der Waals surface area (Å²) in [5.41, 5.74) is 3.47. The maximum atomic E-state index is 11.7. The fourth-order valence-corrected chi connectivity index (χ4v) is 3.18.